The predicted octanol–water partition coefficient (Wildman–Crippen LogP) is 4.06. The van der Waals surface area contributed by atoms with Crippen LogP contribution < -0.4 is 10.1 Å². The Hall–Kier alpha value is -3.37. The zero-order valence-electron chi connectivity index (χ0n) is 15.5. The molecule has 0 atom stereocenters. The molecule has 3 aromatic rings. The normalized spacial score (nSPS) is 10.2. The van der Waals surface area contributed by atoms with Gasteiger partial charge in [0.25, 0.3) is 0 Å². The highest BCUT2D eigenvalue weighted by Crippen LogP contribution is 2.26. The van der Waals surface area contributed by atoms with Gasteiger partial charge in [0.15, 0.2) is 5.82 Å². The molecule has 6 nitrogen and oxygen atoms in total. The minimum absolute atomic E-state index is 0.130. The number of anilines is 1. The largest absolute Gasteiger partial charge is 0.497 e. The summed E-state index contributed by atoms with van der Waals surface area (Å²) in [5, 5.41) is 12.8. The second kappa shape index (κ2) is 9.02. The Bertz CT molecular complexity index is 1020. The summed E-state index contributed by atoms with van der Waals surface area (Å²) in [6.45, 7) is 1.77. The van der Waals surface area contributed by atoms with Crippen LogP contribution in [-0.4, -0.2) is 28.7 Å². The van der Waals surface area contributed by atoms with E-state index in [0.717, 1.165) is 11.3 Å². The molecule has 0 saturated carbocycles. The monoisotopic (exact) mass is 390 g/mol. The molecule has 1 amide bonds. The number of rotatable bonds is 6. The van der Waals surface area contributed by atoms with E-state index in [1.807, 2.05) is 30.3 Å². The van der Waals surface area contributed by atoms with Gasteiger partial charge < -0.3 is 10.1 Å². The summed E-state index contributed by atoms with van der Waals surface area (Å²) in [6.07, 6.45) is 0. The van der Waals surface area contributed by atoms with E-state index in [1.165, 1.54) is 11.8 Å². The number of aromatic nitrogens is 2. The molecule has 140 valence electrons. The van der Waals surface area contributed by atoms with Crippen molar-refractivity contribution in [3.8, 4) is 23.2 Å². The van der Waals surface area contributed by atoms with Gasteiger partial charge in [-0.15, -0.1) is 0 Å². The number of hydrogen-bond donors (Lipinski definition) is 1. The zero-order valence-corrected chi connectivity index (χ0v) is 16.3. The topological polar surface area (TPSA) is 87.9 Å². The van der Waals surface area contributed by atoms with Crippen molar-refractivity contribution < 1.29 is 9.53 Å². The Labute approximate surface area is 167 Å². The van der Waals surface area contributed by atoms with Gasteiger partial charge in [-0.05, 0) is 31.2 Å². The van der Waals surface area contributed by atoms with Crippen molar-refractivity contribution in [2.24, 2.45) is 0 Å². The van der Waals surface area contributed by atoms with Crippen LogP contribution in [0.1, 0.15) is 11.3 Å². The van der Waals surface area contributed by atoms with Gasteiger partial charge >= 0.3 is 0 Å². The van der Waals surface area contributed by atoms with E-state index in [-0.39, 0.29) is 11.7 Å². The standard InChI is InChI=1S/C21H18N4O2S/c1-14-18(12-22)21(25-20(23-14)15-6-4-3-5-7-15)28-13-19(26)24-16-8-10-17(27-2)11-9-16/h3-11H,13H2,1-2H3,(H,24,26). The van der Waals surface area contributed by atoms with Crippen LogP contribution in [0.25, 0.3) is 11.4 Å². The average Bonchev–Trinajstić information content (AvgIpc) is 2.73. The first-order valence-corrected chi connectivity index (χ1v) is 9.50. The second-order valence-electron chi connectivity index (χ2n) is 5.86. The number of carbonyl (C=O) groups excluding carboxylic acids is 1. The highest BCUT2D eigenvalue weighted by atomic mass is 32.2. The van der Waals surface area contributed by atoms with E-state index in [9.17, 15) is 10.1 Å². The second-order valence-corrected chi connectivity index (χ2v) is 6.82. The number of hydrogen-bond acceptors (Lipinski definition) is 6. The van der Waals surface area contributed by atoms with Crippen molar-refractivity contribution >= 4 is 23.4 Å². The lowest BCUT2D eigenvalue weighted by Gasteiger charge is -2.09. The highest BCUT2D eigenvalue weighted by Gasteiger charge is 2.15. The lowest BCUT2D eigenvalue weighted by Crippen LogP contribution is -2.14. The van der Waals surface area contributed by atoms with Crippen LogP contribution in [-0.2, 0) is 4.79 Å². The van der Waals surface area contributed by atoms with E-state index in [0.29, 0.717) is 27.8 Å². The number of nitriles is 1. The van der Waals surface area contributed by atoms with Crippen LogP contribution in [0, 0.1) is 18.3 Å². The first-order valence-electron chi connectivity index (χ1n) is 8.51. The maximum absolute atomic E-state index is 12.3. The van der Waals surface area contributed by atoms with Crippen LogP contribution >= 0.6 is 11.8 Å². The fraction of sp³-hybridized carbons (Fsp3) is 0.143. The molecular weight excluding hydrogens is 372 g/mol. The van der Waals surface area contributed by atoms with Crippen LogP contribution in [0.2, 0.25) is 0 Å². The van der Waals surface area contributed by atoms with Gasteiger partial charge in [-0.25, -0.2) is 9.97 Å². The lowest BCUT2D eigenvalue weighted by atomic mass is 10.2. The fourth-order valence-corrected chi connectivity index (χ4v) is 3.33. The van der Waals surface area contributed by atoms with Gasteiger partial charge in [0, 0.05) is 11.3 Å². The molecule has 1 heterocycles. The Kier molecular flexibility index (Phi) is 6.25. The molecule has 0 spiro atoms. The summed E-state index contributed by atoms with van der Waals surface area (Å²) in [5.41, 5.74) is 2.52. The first-order chi connectivity index (χ1) is 13.6. The third-order valence-electron chi connectivity index (χ3n) is 3.91. The molecule has 2 aromatic carbocycles. The van der Waals surface area contributed by atoms with Gasteiger partial charge in [-0.3, -0.25) is 4.79 Å². The smallest absolute Gasteiger partial charge is 0.234 e. The van der Waals surface area contributed by atoms with Crippen LogP contribution in [0.3, 0.4) is 0 Å². The van der Waals surface area contributed by atoms with Gasteiger partial charge in [-0.1, -0.05) is 42.1 Å². The average molecular weight is 390 g/mol. The molecule has 0 aliphatic carbocycles. The summed E-state index contributed by atoms with van der Waals surface area (Å²) < 4.78 is 5.10. The van der Waals surface area contributed by atoms with Crippen LogP contribution in [0.15, 0.2) is 59.6 Å². The van der Waals surface area contributed by atoms with Crippen molar-refractivity contribution in [2.75, 3.05) is 18.2 Å². The van der Waals surface area contributed by atoms with E-state index in [2.05, 4.69) is 21.4 Å². The first kappa shape index (κ1) is 19.4. The predicted molar refractivity (Wildman–Crippen MR) is 109 cm³/mol. The molecule has 0 bridgehead atoms. The molecule has 0 aliphatic rings. The molecule has 0 unspecified atom stereocenters. The fourth-order valence-electron chi connectivity index (χ4n) is 2.50. The zero-order chi connectivity index (χ0) is 19.9. The Morgan fingerprint density at radius 2 is 1.86 bits per heavy atom. The molecule has 0 fully saturated rings. The van der Waals surface area contributed by atoms with E-state index in [1.54, 1.807) is 38.3 Å². The quantitative estimate of drug-likeness (QED) is 0.504. The van der Waals surface area contributed by atoms with E-state index >= 15 is 0 Å². The van der Waals surface area contributed by atoms with Crippen molar-refractivity contribution in [3.63, 3.8) is 0 Å². The highest BCUT2D eigenvalue weighted by molar-refractivity contribution is 8.00. The molecule has 1 aromatic heterocycles. The number of thioether (sulfide) groups is 1. The van der Waals surface area contributed by atoms with Crippen molar-refractivity contribution in [3.05, 3.63) is 65.9 Å². The maximum atomic E-state index is 12.3. The molecule has 7 heteroatoms. The summed E-state index contributed by atoms with van der Waals surface area (Å²) in [5.74, 6) is 1.20. The molecule has 3 rings (SSSR count). The van der Waals surface area contributed by atoms with Crippen LogP contribution in [0.5, 0.6) is 5.75 Å². The van der Waals surface area contributed by atoms with Crippen molar-refractivity contribution in [2.45, 2.75) is 11.9 Å². The third kappa shape index (κ3) is 4.67. The molecular formula is C21H18N4O2S. The molecule has 0 aliphatic heterocycles. The molecule has 1 N–H and O–H groups in total. The summed E-state index contributed by atoms with van der Waals surface area (Å²) in [6, 6.07) is 18.8. The van der Waals surface area contributed by atoms with Gasteiger partial charge in [0.05, 0.1) is 18.6 Å². The van der Waals surface area contributed by atoms with E-state index < -0.39 is 0 Å². The summed E-state index contributed by atoms with van der Waals surface area (Å²) >= 11 is 1.22. The van der Waals surface area contributed by atoms with Gasteiger partial charge in [0.2, 0.25) is 5.91 Å². The molecule has 0 radical (unpaired) electrons. The minimum Gasteiger partial charge on any atom is -0.497 e. The summed E-state index contributed by atoms with van der Waals surface area (Å²) in [7, 11) is 1.59. The molecule has 28 heavy (non-hydrogen) atoms. The van der Waals surface area contributed by atoms with Crippen LogP contribution in [0.4, 0.5) is 5.69 Å². The lowest BCUT2D eigenvalue weighted by molar-refractivity contribution is -0.113. The number of carbonyl (C=O) groups is 1. The number of nitrogens with zero attached hydrogens (tertiary/aromatic N) is 3. The third-order valence-corrected chi connectivity index (χ3v) is 4.89. The van der Waals surface area contributed by atoms with E-state index in [4.69, 9.17) is 4.74 Å². The van der Waals surface area contributed by atoms with Crippen molar-refractivity contribution in [1.29, 1.82) is 5.26 Å². The molecule has 0 saturated heterocycles. The number of benzene rings is 2. The minimum atomic E-state index is -0.184. The number of amides is 1. The maximum Gasteiger partial charge on any atom is 0.234 e. The SMILES string of the molecule is COc1ccc(NC(=O)CSc2nc(-c3ccccc3)nc(C)c2C#N)cc1. The number of ether oxygens (including phenoxy) is 1. The number of methoxy groups -OCH3 is 1. The van der Waals surface area contributed by atoms with Gasteiger partial charge in [0.1, 0.15) is 22.4 Å². The summed E-state index contributed by atoms with van der Waals surface area (Å²) in [4.78, 5) is 21.2. The number of nitrogens with one attached hydrogen (secondary N) is 1. The Morgan fingerprint density at radius 1 is 1.14 bits per heavy atom. The van der Waals surface area contributed by atoms with Gasteiger partial charge in [-0.2, -0.15) is 5.26 Å². The Morgan fingerprint density at radius 3 is 2.50 bits per heavy atom. The number of aryl methyl sites for hydroxylation is 1. The van der Waals surface area contributed by atoms with Crippen molar-refractivity contribution in [1.82, 2.24) is 9.97 Å². The Balaban J connectivity index is 1.74.